The Morgan fingerprint density at radius 1 is 1.14 bits per heavy atom. The molecule has 29 heavy (non-hydrogen) atoms. The Kier molecular flexibility index (Phi) is 3.86. The van der Waals surface area contributed by atoms with E-state index in [4.69, 9.17) is 18.8 Å². The number of benzene rings is 1. The minimum atomic E-state index is -1.16. The Labute approximate surface area is 170 Å². The van der Waals surface area contributed by atoms with E-state index in [2.05, 4.69) is 20.8 Å². The fourth-order valence-corrected chi connectivity index (χ4v) is 5.71. The topological polar surface area (TPSA) is 54.0 Å². The van der Waals surface area contributed by atoms with Gasteiger partial charge in [0.05, 0.1) is 11.7 Å². The van der Waals surface area contributed by atoms with Gasteiger partial charge in [-0.15, -0.1) is 0 Å². The van der Waals surface area contributed by atoms with Crippen molar-refractivity contribution in [2.45, 2.75) is 65.0 Å². The van der Waals surface area contributed by atoms with Crippen LogP contribution in [0, 0.1) is 23.1 Å². The molecule has 154 valence electrons. The molecular weight excluding hydrogens is 374 g/mol. The van der Waals surface area contributed by atoms with E-state index in [1.807, 2.05) is 5.98 Å². The van der Waals surface area contributed by atoms with E-state index >= 15 is 0 Å². The summed E-state index contributed by atoms with van der Waals surface area (Å²) in [6, 6.07) is 2.83. The first-order valence-electron chi connectivity index (χ1n) is 10.3. The lowest BCUT2D eigenvalue weighted by molar-refractivity contribution is -0.199. The van der Waals surface area contributed by atoms with Crippen molar-refractivity contribution in [3.05, 3.63) is 35.1 Å². The summed E-state index contributed by atoms with van der Waals surface area (Å²) in [4.78, 5) is 12.2. The van der Waals surface area contributed by atoms with E-state index in [0.717, 1.165) is 6.42 Å². The van der Waals surface area contributed by atoms with E-state index in [1.54, 1.807) is 26.0 Å². The number of esters is 1. The maximum atomic E-state index is 14.2. The molecule has 2 heterocycles. The van der Waals surface area contributed by atoms with Crippen LogP contribution in [0.15, 0.2) is 18.1 Å². The second kappa shape index (κ2) is 5.85. The van der Waals surface area contributed by atoms with Gasteiger partial charge < -0.3 is 18.8 Å². The number of hydrogen-bond donors (Lipinski definition) is 0. The van der Waals surface area contributed by atoms with Crippen molar-refractivity contribution in [1.82, 2.24) is 0 Å². The van der Waals surface area contributed by atoms with Crippen LogP contribution < -0.4 is 4.74 Å². The SMILES string of the molecule is CC1(C)OC(=O)c2c(F)ccc(/C=C\B3OC4CC5CC(C5(C)C)[C@]4(C)O3)c2O1. The van der Waals surface area contributed by atoms with Gasteiger partial charge in [-0.25, -0.2) is 9.18 Å². The minimum Gasteiger partial charge on any atom is -0.451 e. The number of fused-ring (bicyclic) bond motifs is 1. The molecular formula is C22H26BFO5. The zero-order chi connectivity index (χ0) is 20.8. The van der Waals surface area contributed by atoms with Gasteiger partial charge in [0.25, 0.3) is 0 Å². The number of hydrogen-bond acceptors (Lipinski definition) is 5. The summed E-state index contributed by atoms with van der Waals surface area (Å²) in [6.07, 6.45) is 4.06. The Bertz CT molecular complexity index is 926. The van der Waals surface area contributed by atoms with Crippen LogP contribution in [-0.4, -0.2) is 30.6 Å². The van der Waals surface area contributed by atoms with Gasteiger partial charge in [0.2, 0.25) is 5.79 Å². The van der Waals surface area contributed by atoms with Crippen molar-refractivity contribution in [3.63, 3.8) is 0 Å². The van der Waals surface area contributed by atoms with Gasteiger partial charge in [0.15, 0.2) is 0 Å². The molecule has 1 saturated heterocycles. The molecule has 3 saturated carbocycles. The molecule has 6 rings (SSSR count). The molecule has 0 amide bonds. The molecule has 3 aliphatic carbocycles. The normalized spacial score (nSPS) is 36.1. The molecule has 1 aromatic rings. The van der Waals surface area contributed by atoms with E-state index in [1.165, 1.54) is 12.5 Å². The maximum Gasteiger partial charge on any atom is 0.486 e. The number of carbonyl (C=O) groups is 1. The largest absolute Gasteiger partial charge is 0.486 e. The first kappa shape index (κ1) is 19.1. The third-order valence-electron chi connectivity index (χ3n) is 7.43. The summed E-state index contributed by atoms with van der Waals surface area (Å²) in [6.45, 7) is 10.0. The molecule has 2 bridgehead atoms. The lowest BCUT2D eigenvalue weighted by atomic mass is 9.43. The molecule has 5 aliphatic rings. The zero-order valence-electron chi connectivity index (χ0n) is 17.5. The van der Waals surface area contributed by atoms with Gasteiger partial charge in [-0.2, -0.15) is 0 Å². The highest BCUT2D eigenvalue weighted by molar-refractivity contribution is 6.52. The summed E-state index contributed by atoms with van der Waals surface area (Å²) in [5, 5.41) is 0. The third kappa shape index (κ3) is 2.70. The van der Waals surface area contributed by atoms with E-state index in [-0.39, 0.29) is 28.4 Å². The monoisotopic (exact) mass is 400 g/mol. The van der Waals surface area contributed by atoms with Crippen LogP contribution in [0.4, 0.5) is 4.39 Å². The summed E-state index contributed by atoms with van der Waals surface area (Å²) < 4.78 is 37.7. The number of rotatable bonds is 2. The third-order valence-corrected chi connectivity index (χ3v) is 7.43. The molecule has 0 aromatic heterocycles. The van der Waals surface area contributed by atoms with Crippen molar-refractivity contribution in [2.75, 3.05) is 0 Å². The summed E-state index contributed by atoms with van der Waals surface area (Å²) in [5.41, 5.74) is 0.395. The summed E-state index contributed by atoms with van der Waals surface area (Å²) >= 11 is 0. The second-order valence-corrected chi connectivity index (χ2v) is 9.93. The highest BCUT2D eigenvalue weighted by Crippen LogP contribution is 2.65. The average Bonchev–Trinajstić information content (AvgIpc) is 2.95. The van der Waals surface area contributed by atoms with E-state index in [9.17, 15) is 9.18 Å². The minimum absolute atomic E-state index is 0.0845. The van der Waals surface area contributed by atoms with Crippen molar-refractivity contribution in [3.8, 4) is 5.75 Å². The zero-order valence-corrected chi connectivity index (χ0v) is 17.5. The summed E-state index contributed by atoms with van der Waals surface area (Å²) in [7, 11) is -0.482. The molecule has 0 spiro atoms. The van der Waals surface area contributed by atoms with Crippen LogP contribution in [0.25, 0.3) is 6.08 Å². The quantitative estimate of drug-likeness (QED) is 0.545. The average molecular weight is 400 g/mol. The molecule has 4 atom stereocenters. The Hall–Kier alpha value is -1.86. The van der Waals surface area contributed by atoms with Gasteiger partial charge in [-0.05, 0) is 49.1 Å². The van der Waals surface area contributed by atoms with Crippen molar-refractivity contribution < 1.29 is 28.0 Å². The summed E-state index contributed by atoms with van der Waals surface area (Å²) in [5.74, 6) is 0.627. The first-order chi connectivity index (χ1) is 13.5. The predicted molar refractivity (Wildman–Crippen MR) is 106 cm³/mol. The van der Waals surface area contributed by atoms with Crippen LogP contribution in [0.5, 0.6) is 5.75 Å². The Morgan fingerprint density at radius 2 is 1.90 bits per heavy atom. The predicted octanol–water partition coefficient (Wildman–Crippen LogP) is 4.39. The molecule has 0 radical (unpaired) electrons. The van der Waals surface area contributed by atoms with Crippen LogP contribution in [0.1, 0.15) is 63.4 Å². The van der Waals surface area contributed by atoms with Crippen LogP contribution in [0.3, 0.4) is 0 Å². The molecule has 0 N–H and O–H groups in total. The van der Waals surface area contributed by atoms with Crippen molar-refractivity contribution in [2.24, 2.45) is 17.3 Å². The van der Waals surface area contributed by atoms with Crippen LogP contribution in [-0.2, 0) is 14.0 Å². The van der Waals surface area contributed by atoms with E-state index < -0.39 is 24.7 Å². The Balaban J connectivity index is 1.41. The maximum absolute atomic E-state index is 14.2. The van der Waals surface area contributed by atoms with Gasteiger partial charge in [-0.1, -0.05) is 25.9 Å². The second-order valence-electron chi connectivity index (χ2n) is 9.93. The number of cyclic esters (lactones) is 1. The molecule has 1 aromatic carbocycles. The fourth-order valence-electron chi connectivity index (χ4n) is 5.71. The number of carbonyl (C=O) groups excluding carboxylic acids is 1. The lowest BCUT2D eigenvalue weighted by Crippen LogP contribution is -2.65. The van der Waals surface area contributed by atoms with Gasteiger partial charge >= 0.3 is 13.1 Å². The molecule has 2 aliphatic heterocycles. The fraction of sp³-hybridized carbons (Fsp3) is 0.591. The van der Waals surface area contributed by atoms with Crippen molar-refractivity contribution in [1.29, 1.82) is 0 Å². The highest BCUT2D eigenvalue weighted by Gasteiger charge is 2.67. The molecule has 4 fully saturated rings. The van der Waals surface area contributed by atoms with Crippen LogP contribution >= 0.6 is 0 Å². The number of ether oxygens (including phenoxy) is 2. The smallest absolute Gasteiger partial charge is 0.451 e. The standard InChI is InChI=1S/C22H26BFO5/c1-20(2)13-10-15(20)22(5)16(11-13)28-23(29-22)9-8-12-6-7-14(24)17-18(12)26-21(3,4)27-19(17)25/h6-9,13,15-16H,10-11H2,1-5H3/b9-8-/t13?,15?,16?,22-/m0/s1. The van der Waals surface area contributed by atoms with Gasteiger partial charge in [-0.3, -0.25) is 0 Å². The first-order valence-corrected chi connectivity index (χ1v) is 10.3. The van der Waals surface area contributed by atoms with Gasteiger partial charge in [0.1, 0.15) is 17.1 Å². The van der Waals surface area contributed by atoms with Gasteiger partial charge in [0, 0.05) is 19.4 Å². The molecule has 3 unspecified atom stereocenters. The van der Waals surface area contributed by atoms with E-state index in [0.29, 0.717) is 17.4 Å². The number of halogens is 1. The lowest BCUT2D eigenvalue weighted by Gasteiger charge is -2.64. The van der Waals surface area contributed by atoms with Crippen molar-refractivity contribution >= 4 is 19.2 Å². The highest BCUT2D eigenvalue weighted by atomic mass is 19.1. The molecule has 5 nitrogen and oxygen atoms in total. The van der Waals surface area contributed by atoms with Crippen LogP contribution in [0.2, 0.25) is 0 Å². The molecule has 7 heteroatoms. The Morgan fingerprint density at radius 3 is 2.62 bits per heavy atom.